The molecule has 3 heteroatoms. The topological polar surface area (TPSA) is 29.9 Å². The fraction of sp³-hybridized carbons (Fsp3) is 0.750. The van der Waals surface area contributed by atoms with Crippen LogP contribution in [-0.4, -0.2) is 16.1 Å². The summed E-state index contributed by atoms with van der Waals surface area (Å²) in [6.07, 6.45) is 12.2. The molecule has 1 unspecified atom stereocenters. The quantitative estimate of drug-likeness (QED) is 0.803. The molecule has 1 N–H and O–H groups in total. The fourth-order valence-electron chi connectivity index (χ4n) is 2.99. The van der Waals surface area contributed by atoms with Crippen molar-refractivity contribution >= 4 is 0 Å². The Hall–Kier alpha value is -0.830. The van der Waals surface area contributed by atoms with Gasteiger partial charge in [0.15, 0.2) is 0 Å². The van der Waals surface area contributed by atoms with Gasteiger partial charge in [0.1, 0.15) is 5.82 Å². The molecule has 1 aromatic rings. The van der Waals surface area contributed by atoms with E-state index in [0.29, 0.717) is 6.04 Å². The van der Waals surface area contributed by atoms with Crippen molar-refractivity contribution in [2.24, 2.45) is 0 Å². The van der Waals surface area contributed by atoms with Gasteiger partial charge in [-0.3, -0.25) is 0 Å². The summed E-state index contributed by atoms with van der Waals surface area (Å²) >= 11 is 0. The van der Waals surface area contributed by atoms with Crippen LogP contribution in [0.3, 0.4) is 0 Å². The Bertz CT molecular complexity index is 289. The smallest absolute Gasteiger partial charge is 0.126 e. The number of imidazole rings is 1. The average Bonchev–Trinajstić information content (AvgIpc) is 3.01. The summed E-state index contributed by atoms with van der Waals surface area (Å²) < 4.78 is 2.43. The van der Waals surface area contributed by atoms with Gasteiger partial charge in [-0.15, -0.1) is 0 Å². The molecule has 1 saturated heterocycles. The molecule has 1 aliphatic carbocycles. The van der Waals surface area contributed by atoms with Crippen LogP contribution in [0.1, 0.15) is 56.4 Å². The lowest BCUT2D eigenvalue weighted by Gasteiger charge is -2.18. The highest BCUT2D eigenvalue weighted by Crippen LogP contribution is 2.32. The molecule has 0 aromatic carbocycles. The van der Waals surface area contributed by atoms with E-state index < -0.39 is 0 Å². The molecule has 0 amide bonds. The van der Waals surface area contributed by atoms with E-state index in [1.807, 2.05) is 6.20 Å². The summed E-state index contributed by atoms with van der Waals surface area (Å²) in [6, 6.07) is 1.24. The van der Waals surface area contributed by atoms with E-state index in [1.54, 1.807) is 0 Å². The van der Waals surface area contributed by atoms with E-state index in [2.05, 4.69) is 21.1 Å². The first kappa shape index (κ1) is 9.40. The highest BCUT2D eigenvalue weighted by Gasteiger charge is 2.25. The molecule has 0 radical (unpaired) electrons. The minimum atomic E-state index is 0.514. The second kappa shape index (κ2) is 3.97. The largest absolute Gasteiger partial charge is 0.331 e. The fourth-order valence-corrected chi connectivity index (χ4v) is 2.99. The number of hydrogen-bond donors (Lipinski definition) is 1. The number of nitrogens with one attached hydrogen (secondary N) is 1. The summed E-state index contributed by atoms with van der Waals surface area (Å²) in [5.41, 5.74) is 0. The van der Waals surface area contributed by atoms with Crippen LogP contribution in [0, 0.1) is 0 Å². The van der Waals surface area contributed by atoms with Crippen molar-refractivity contribution in [1.29, 1.82) is 0 Å². The molecule has 0 spiro atoms. The van der Waals surface area contributed by atoms with E-state index in [4.69, 9.17) is 0 Å². The highest BCUT2D eigenvalue weighted by molar-refractivity contribution is 5.04. The van der Waals surface area contributed by atoms with Crippen LogP contribution in [-0.2, 0) is 0 Å². The highest BCUT2D eigenvalue weighted by atomic mass is 15.1. The van der Waals surface area contributed by atoms with Gasteiger partial charge in [0, 0.05) is 18.4 Å². The van der Waals surface area contributed by atoms with Crippen molar-refractivity contribution in [2.75, 3.05) is 6.54 Å². The van der Waals surface area contributed by atoms with E-state index in [1.165, 1.54) is 44.3 Å². The summed E-state index contributed by atoms with van der Waals surface area (Å²) in [4.78, 5) is 4.54. The van der Waals surface area contributed by atoms with Crippen LogP contribution in [0.5, 0.6) is 0 Å². The molecule has 2 fully saturated rings. The van der Waals surface area contributed by atoms with Crippen LogP contribution in [0.2, 0.25) is 0 Å². The first-order valence-electron chi connectivity index (χ1n) is 6.21. The van der Waals surface area contributed by atoms with Gasteiger partial charge in [-0.05, 0) is 32.2 Å². The Balaban J connectivity index is 1.84. The van der Waals surface area contributed by atoms with Crippen molar-refractivity contribution < 1.29 is 0 Å². The second-order valence-electron chi connectivity index (χ2n) is 4.78. The molecule has 2 heterocycles. The van der Waals surface area contributed by atoms with Crippen molar-refractivity contribution in [3.05, 3.63) is 18.2 Å². The Morgan fingerprint density at radius 2 is 2.07 bits per heavy atom. The molecule has 82 valence electrons. The Morgan fingerprint density at radius 3 is 2.80 bits per heavy atom. The molecule has 0 bridgehead atoms. The lowest BCUT2D eigenvalue weighted by molar-refractivity contribution is 0.463. The zero-order valence-corrected chi connectivity index (χ0v) is 9.15. The molecular formula is C12H19N3. The van der Waals surface area contributed by atoms with Crippen LogP contribution in [0.4, 0.5) is 0 Å². The van der Waals surface area contributed by atoms with Gasteiger partial charge in [-0.25, -0.2) is 4.98 Å². The molecular weight excluding hydrogens is 186 g/mol. The maximum atomic E-state index is 4.54. The number of nitrogens with zero attached hydrogens (tertiary/aromatic N) is 2. The van der Waals surface area contributed by atoms with Gasteiger partial charge in [0.2, 0.25) is 0 Å². The Morgan fingerprint density at radius 1 is 1.20 bits per heavy atom. The van der Waals surface area contributed by atoms with Crippen molar-refractivity contribution in [1.82, 2.24) is 14.9 Å². The minimum absolute atomic E-state index is 0.514. The first-order valence-corrected chi connectivity index (χ1v) is 6.21. The monoisotopic (exact) mass is 205 g/mol. The van der Waals surface area contributed by atoms with Crippen molar-refractivity contribution in [3.8, 4) is 0 Å². The predicted molar refractivity (Wildman–Crippen MR) is 59.7 cm³/mol. The molecule has 3 nitrogen and oxygen atoms in total. The van der Waals surface area contributed by atoms with Crippen LogP contribution in [0.15, 0.2) is 12.4 Å². The van der Waals surface area contributed by atoms with Gasteiger partial charge in [0.25, 0.3) is 0 Å². The molecule has 15 heavy (non-hydrogen) atoms. The predicted octanol–water partition coefficient (Wildman–Crippen LogP) is 2.42. The van der Waals surface area contributed by atoms with E-state index >= 15 is 0 Å². The van der Waals surface area contributed by atoms with E-state index in [9.17, 15) is 0 Å². The normalized spacial score (nSPS) is 27.6. The maximum absolute atomic E-state index is 4.54. The van der Waals surface area contributed by atoms with Gasteiger partial charge in [-0.2, -0.15) is 0 Å². The third-order valence-corrected chi connectivity index (χ3v) is 3.79. The first-order chi connectivity index (χ1) is 7.45. The summed E-state index contributed by atoms with van der Waals surface area (Å²) in [5, 5.41) is 3.54. The zero-order chi connectivity index (χ0) is 10.1. The van der Waals surface area contributed by atoms with Crippen LogP contribution >= 0.6 is 0 Å². The molecule has 1 aromatic heterocycles. The summed E-state index contributed by atoms with van der Waals surface area (Å²) in [6.45, 7) is 1.15. The SMILES string of the molecule is c1cn(C2CCCC2)c(C2CCCN2)n1. The third kappa shape index (κ3) is 1.69. The zero-order valence-electron chi connectivity index (χ0n) is 9.15. The van der Waals surface area contributed by atoms with Crippen molar-refractivity contribution in [3.63, 3.8) is 0 Å². The van der Waals surface area contributed by atoms with Crippen molar-refractivity contribution in [2.45, 2.75) is 50.6 Å². The van der Waals surface area contributed by atoms with Crippen LogP contribution in [0.25, 0.3) is 0 Å². The lowest BCUT2D eigenvalue weighted by atomic mass is 10.2. The molecule has 1 atom stereocenters. The number of hydrogen-bond acceptors (Lipinski definition) is 2. The molecule has 2 aliphatic rings. The van der Waals surface area contributed by atoms with Gasteiger partial charge in [-0.1, -0.05) is 12.8 Å². The Kier molecular flexibility index (Phi) is 2.49. The Labute approximate surface area is 90.9 Å². The summed E-state index contributed by atoms with van der Waals surface area (Å²) in [5.74, 6) is 1.28. The maximum Gasteiger partial charge on any atom is 0.126 e. The van der Waals surface area contributed by atoms with Gasteiger partial charge in [0.05, 0.1) is 6.04 Å². The van der Waals surface area contributed by atoms with E-state index in [-0.39, 0.29) is 0 Å². The number of rotatable bonds is 2. The van der Waals surface area contributed by atoms with E-state index in [0.717, 1.165) is 12.6 Å². The third-order valence-electron chi connectivity index (χ3n) is 3.79. The average molecular weight is 205 g/mol. The molecule has 1 aliphatic heterocycles. The molecule has 3 rings (SSSR count). The van der Waals surface area contributed by atoms with Gasteiger partial charge >= 0.3 is 0 Å². The van der Waals surface area contributed by atoms with Crippen LogP contribution < -0.4 is 5.32 Å². The summed E-state index contributed by atoms with van der Waals surface area (Å²) in [7, 11) is 0. The lowest BCUT2D eigenvalue weighted by Crippen LogP contribution is -2.19. The number of aromatic nitrogens is 2. The van der Waals surface area contributed by atoms with Gasteiger partial charge < -0.3 is 9.88 Å². The second-order valence-corrected chi connectivity index (χ2v) is 4.78. The standard InChI is InChI=1S/C12H19N3/c1-2-5-10(4-1)15-9-8-14-12(15)11-6-3-7-13-11/h8-11,13H,1-7H2. The minimum Gasteiger partial charge on any atom is -0.331 e. The molecule has 1 saturated carbocycles.